The number of urea groups is 1. The maximum atomic E-state index is 12.2. The van der Waals surface area contributed by atoms with E-state index in [1.807, 2.05) is 19.1 Å². The summed E-state index contributed by atoms with van der Waals surface area (Å²) in [4.78, 5) is 17.8. The van der Waals surface area contributed by atoms with Crippen molar-refractivity contribution >= 4 is 11.7 Å². The summed E-state index contributed by atoms with van der Waals surface area (Å²) in [5.74, 6) is -1.62. The number of phenols is 3. The number of aromatic nitrogens is 1. The predicted octanol–water partition coefficient (Wildman–Crippen LogP) is 2.29. The fraction of sp³-hybridized carbons (Fsp3) is 0.250. The van der Waals surface area contributed by atoms with Crippen molar-refractivity contribution in [1.82, 2.24) is 9.88 Å². The lowest BCUT2D eigenvalue weighted by molar-refractivity contribution is 0.215. The minimum absolute atomic E-state index is 0.199. The van der Waals surface area contributed by atoms with Crippen molar-refractivity contribution in [2.45, 2.75) is 13.3 Å². The number of aromatic hydroxyl groups is 3. The number of nitrogens with zero attached hydrogens (tertiary/aromatic N) is 2. The van der Waals surface area contributed by atoms with Crippen LogP contribution in [0.4, 0.5) is 10.5 Å². The van der Waals surface area contributed by atoms with Gasteiger partial charge in [-0.1, -0.05) is 0 Å². The topological polar surface area (TPSA) is 106 Å². The van der Waals surface area contributed by atoms with Crippen molar-refractivity contribution in [3.8, 4) is 17.2 Å². The fourth-order valence-electron chi connectivity index (χ4n) is 2.10. The average molecular weight is 317 g/mol. The summed E-state index contributed by atoms with van der Waals surface area (Å²) < 4.78 is 0. The van der Waals surface area contributed by atoms with E-state index in [-0.39, 0.29) is 11.7 Å². The predicted molar refractivity (Wildman–Crippen MR) is 85.6 cm³/mol. The number of hydrogen-bond donors (Lipinski definition) is 4. The maximum Gasteiger partial charge on any atom is 0.321 e. The molecule has 23 heavy (non-hydrogen) atoms. The van der Waals surface area contributed by atoms with Crippen molar-refractivity contribution in [1.29, 1.82) is 0 Å². The lowest BCUT2D eigenvalue weighted by Crippen LogP contribution is -2.36. The molecule has 1 heterocycles. The highest BCUT2D eigenvalue weighted by atomic mass is 16.3. The first-order chi connectivity index (χ1) is 11.0. The molecule has 0 bridgehead atoms. The van der Waals surface area contributed by atoms with E-state index in [1.54, 1.807) is 17.3 Å². The summed E-state index contributed by atoms with van der Waals surface area (Å²) in [7, 11) is 0. The van der Waals surface area contributed by atoms with Gasteiger partial charge in [-0.3, -0.25) is 4.98 Å². The van der Waals surface area contributed by atoms with Crippen LogP contribution in [-0.4, -0.2) is 44.3 Å². The number of rotatable bonds is 5. The summed E-state index contributed by atoms with van der Waals surface area (Å²) in [5, 5.41) is 30.8. The molecule has 122 valence electrons. The maximum absolute atomic E-state index is 12.2. The van der Waals surface area contributed by atoms with Crippen LogP contribution in [-0.2, 0) is 6.42 Å². The minimum atomic E-state index is -0.618. The van der Waals surface area contributed by atoms with Crippen LogP contribution in [0.5, 0.6) is 17.2 Å². The third-order valence-corrected chi connectivity index (χ3v) is 3.41. The molecule has 0 atom stereocenters. The van der Waals surface area contributed by atoms with Gasteiger partial charge >= 0.3 is 6.03 Å². The molecule has 2 rings (SSSR count). The second-order valence-electron chi connectivity index (χ2n) is 4.98. The molecule has 0 unspecified atom stereocenters. The van der Waals surface area contributed by atoms with Crippen LogP contribution in [0.15, 0.2) is 36.7 Å². The fourth-order valence-corrected chi connectivity index (χ4v) is 2.10. The molecule has 0 spiro atoms. The number of carbonyl (C=O) groups excluding carboxylic acids is 1. The van der Waals surface area contributed by atoms with Gasteiger partial charge < -0.3 is 25.5 Å². The van der Waals surface area contributed by atoms with Gasteiger partial charge in [-0.15, -0.1) is 0 Å². The third kappa shape index (κ3) is 4.26. The van der Waals surface area contributed by atoms with Crippen LogP contribution >= 0.6 is 0 Å². The van der Waals surface area contributed by atoms with Gasteiger partial charge in [0, 0.05) is 37.6 Å². The second-order valence-corrected chi connectivity index (χ2v) is 4.98. The van der Waals surface area contributed by atoms with Gasteiger partial charge in [0.15, 0.2) is 17.2 Å². The SMILES string of the molecule is CCN(CCc1ccncc1)C(=O)Nc1cc(O)c(O)c(O)c1. The normalized spacial score (nSPS) is 10.3. The second kappa shape index (κ2) is 7.35. The molecular formula is C16H19N3O4. The van der Waals surface area contributed by atoms with Crippen LogP contribution in [0.2, 0.25) is 0 Å². The van der Waals surface area contributed by atoms with E-state index in [4.69, 9.17) is 0 Å². The van der Waals surface area contributed by atoms with Crippen LogP contribution in [0.3, 0.4) is 0 Å². The van der Waals surface area contributed by atoms with Gasteiger partial charge in [-0.2, -0.15) is 0 Å². The number of nitrogens with one attached hydrogen (secondary N) is 1. The van der Waals surface area contributed by atoms with E-state index in [9.17, 15) is 20.1 Å². The summed E-state index contributed by atoms with van der Waals surface area (Å²) >= 11 is 0. The van der Waals surface area contributed by atoms with Crippen molar-refractivity contribution in [3.63, 3.8) is 0 Å². The van der Waals surface area contributed by atoms with Crippen LogP contribution < -0.4 is 5.32 Å². The molecule has 0 aliphatic rings. The number of anilines is 1. The van der Waals surface area contributed by atoms with E-state index in [0.717, 1.165) is 5.56 Å². The first-order valence-electron chi connectivity index (χ1n) is 7.21. The summed E-state index contributed by atoms with van der Waals surface area (Å²) in [5.41, 5.74) is 1.27. The van der Waals surface area contributed by atoms with E-state index in [0.29, 0.717) is 19.5 Å². The number of amides is 2. The molecule has 0 saturated heterocycles. The summed E-state index contributed by atoms with van der Waals surface area (Å²) in [6.45, 7) is 2.88. The quantitative estimate of drug-likeness (QED) is 0.500. The molecule has 0 radical (unpaired) electrons. The Hall–Kier alpha value is -2.96. The zero-order chi connectivity index (χ0) is 16.8. The Balaban J connectivity index is 2.00. The highest BCUT2D eigenvalue weighted by Gasteiger charge is 2.14. The van der Waals surface area contributed by atoms with E-state index in [2.05, 4.69) is 10.3 Å². The van der Waals surface area contributed by atoms with Gasteiger partial charge in [0.1, 0.15) is 0 Å². The summed E-state index contributed by atoms with van der Waals surface area (Å²) in [6.07, 6.45) is 4.09. The molecule has 7 nitrogen and oxygen atoms in total. The Morgan fingerprint density at radius 2 is 1.78 bits per heavy atom. The van der Waals surface area contributed by atoms with Crippen molar-refractivity contribution in [3.05, 3.63) is 42.2 Å². The molecule has 2 aromatic rings. The highest BCUT2D eigenvalue weighted by molar-refractivity contribution is 5.90. The Bertz CT molecular complexity index is 653. The summed E-state index contributed by atoms with van der Waals surface area (Å²) in [6, 6.07) is 5.77. The minimum Gasteiger partial charge on any atom is -0.504 e. The van der Waals surface area contributed by atoms with Gasteiger partial charge in [0.05, 0.1) is 5.69 Å². The molecule has 2 amide bonds. The Labute approximate surface area is 133 Å². The van der Waals surface area contributed by atoms with E-state index >= 15 is 0 Å². The monoisotopic (exact) mass is 317 g/mol. The van der Waals surface area contributed by atoms with Gasteiger partial charge in [0.25, 0.3) is 0 Å². The highest BCUT2D eigenvalue weighted by Crippen LogP contribution is 2.37. The molecule has 7 heteroatoms. The van der Waals surface area contributed by atoms with Gasteiger partial charge in [0.2, 0.25) is 0 Å². The van der Waals surface area contributed by atoms with Crippen molar-refractivity contribution in [2.24, 2.45) is 0 Å². The van der Waals surface area contributed by atoms with Crippen LogP contribution in [0.25, 0.3) is 0 Å². The molecule has 0 fully saturated rings. The van der Waals surface area contributed by atoms with E-state index < -0.39 is 17.2 Å². The zero-order valence-electron chi connectivity index (χ0n) is 12.7. The molecule has 0 aliphatic heterocycles. The Morgan fingerprint density at radius 3 is 2.35 bits per heavy atom. The number of benzene rings is 1. The smallest absolute Gasteiger partial charge is 0.321 e. The molecule has 4 N–H and O–H groups in total. The van der Waals surface area contributed by atoms with Crippen LogP contribution in [0, 0.1) is 0 Å². The largest absolute Gasteiger partial charge is 0.504 e. The van der Waals surface area contributed by atoms with Crippen LogP contribution in [0.1, 0.15) is 12.5 Å². The molecule has 1 aromatic heterocycles. The molecule has 0 aliphatic carbocycles. The first-order valence-corrected chi connectivity index (χ1v) is 7.21. The first kappa shape index (κ1) is 16.4. The number of likely N-dealkylation sites (N-methyl/N-ethyl adjacent to an activating group) is 1. The molecule has 1 aromatic carbocycles. The third-order valence-electron chi connectivity index (χ3n) is 3.41. The standard InChI is InChI=1S/C16H19N3O4/c1-2-19(8-5-11-3-6-17-7-4-11)16(23)18-12-9-13(20)15(22)14(21)10-12/h3-4,6-7,9-10,20-22H,2,5,8H2,1H3,(H,18,23). The lowest BCUT2D eigenvalue weighted by Gasteiger charge is -2.21. The van der Waals surface area contributed by atoms with Gasteiger partial charge in [-0.05, 0) is 31.0 Å². The lowest BCUT2D eigenvalue weighted by atomic mass is 10.2. The molecular weight excluding hydrogens is 298 g/mol. The average Bonchev–Trinajstić information content (AvgIpc) is 2.54. The van der Waals surface area contributed by atoms with Crippen molar-refractivity contribution in [2.75, 3.05) is 18.4 Å². The Morgan fingerprint density at radius 1 is 1.17 bits per heavy atom. The number of carbonyl (C=O) groups is 1. The number of pyridine rings is 1. The molecule has 0 saturated carbocycles. The van der Waals surface area contributed by atoms with Crippen molar-refractivity contribution < 1.29 is 20.1 Å². The zero-order valence-corrected chi connectivity index (χ0v) is 12.7. The van der Waals surface area contributed by atoms with E-state index in [1.165, 1.54) is 12.1 Å². The number of phenolic OH excluding ortho intramolecular Hbond substituents is 3. The number of hydrogen-bond acceptors (Lipinski definition) is 5. The van der Waals surface area contributed by atoms with Gasteiger partial charge in [-0.25, -0.2) is 4.79 Å². The Kier molecular flexibility index (Phi) is 5.24.